The van der Waals surface area contributed by atoms with Crippen molar-refractivity contribution in [3.05, 3.63) is 106 Å². The molecule has 0 saturated carbocycles. The number of fused-ring (bicyclic) bond motifs is 1. The normalized spacial score (nSPS) is 12.4. The lowest BCUT2D eigenvalue weighted by Crippen LogP contribution is -2.44. The fourth-order valence-electron chi connectivity index (χ4n) is 3.55. The molecular formula is C26H23NO6S. The van der Waals surface area contributed by atoms with E-state index >= 15 is 0 Å². The second-order valence-corrected chi connectivity index (χ2v) is 9.72. The van der Waals surface area contributed by atoms with Gasteiger partial charge in [-0.25, -0.2) is 18.0 Å². The Morgan fingerprint density at radius 1 is 0.971 bits per heavy atom. The molecule has 0 radical (unpaired) electrons. The third kappa shape index (κ3) is 5.41. The van der Waals surface area contributed by atoms with Gasteiger partial charge in [-0.2, -0.15) is 4.72 Å². The van der Waals surface area contributed by atoms with Gasteiger partial charge in [0, 0.05) is 11.5 Å². The van der Waals surface area contributed by atoms with Gasteiger partial charge < -0.3 is 9.15 Å². The van der Waals surface area contributed by atoms with Crippen LogP contribution in [-0.2, 0) is 21.2 Å². The smallest absolute Gasteiger partial charge is 0.336 e. The summed E-state index contributed by atoms with van der Waals surface area (Å²) in [5, 5.41) is 0.616. The SMILES string of the molecule is Cc1ccc(S(=O)(=O)NC(Cc2ccccc2)C(=O)Oc2ccc3oc(=O)cc(C)c3c2)cc1. The molecule has 4 aromatic rings. The number of carbonyl (C=O) groups is 1. The highest BCUT2D eigenvalue weighted by molar-refractivity contribution is 7.89. The van der Waals surface area contributed by atoms with Crippen LogP contribution in [-0.4, -0.2) is 20.4 Å². The number of nitrogens with one attached hydrogen (secondary N) is 1. The van der Waals surface area contributed by atoms with E-state index in [0.29, 0.717) is 16.5 Å². The first-order valence-corrected chi connectivity index (χ1v) is 12.1. The fourth-order valence-corrected chi connectivity index (χ4v) is 4.73. The molecular weight excluding hydrogens is 454 g/mol. The van der Waals surface area contributed by atoms with Crippen LogP contribution in [0.1, 0.15) is 16.7 Å². The Kier molecular flexibility index (Phi) is 6.63. The van der Waals surface area contributed by atoms with Crippen LogP contribution in [0.25, 0.3) is 11.0 Å². The van der Waals surface area contributed by atoms with Crippen LogP contribution in [0.4, 0.5) is 0 Å². The van der Waals surface area contributed by atoms with Gasteiger partial charge in [0.25, 0.3) is 0 Å². The summed E-state index contributed by atoms with van der Waals surface area (Å²) >= 11 is 0. The van der Waals surface area contributed by atoms with Crippen molar-refractivity contribution in [1.29, 1.82) is 0 Å². The van der Waals surface area contributed by atoms with E-state index < -0.39 is 27.7 Å². The molecule has 1 heterocycles. The van der Waals surface area contributed by atoms with Crippen LogP contribution in [0.3, 0.4) is 0 Å². The first-order valence-electron chi connectivity index (χ1n) is 10.6. The number of rotatable bonds is 7. The summed E-state index contributed by atoms with van der Waals surface area (Å²) in [5.41, 5.74) is 2.26. The van der Waals surface area contributed by atoms with Gasteiger partial charge in [-0.15, -0.1) is 0 Å². The van der Waals surface area contributed by atoms with Crippen molar-refractivity contribution in [2.45, 2.75) is 31.2 Å². The van der Waals surface area contributed by atoms with Crippen molar-refractivity contribution in [3.63, 3.8) is 0 Å². The molecule has 0 amide bonds. The van der Waals surface area contributed by atoms with Crippen molar-refractivity contribution >= 4 is 27.0 Å². The van der Waals surface area contributed by atoms with Crippen molar-refractivity contribution in [2.75, 3.05) is 0 Å². The number of sulfonamides is 1. The molecule has 34 heavy (non-hydrogen) atoms. The average molecular weight is 478 g/mol. The highest BCUT2D eigenvalue weighted by atomic mass is 32.2. The van der Waals surface area contributed by atoms with Crippen LogP contribution < -0.4 is 15.1 Å². The van der Waals surface area contributed by atoms with Crippen molar-refractivity contribution in [3.8, 4) is 5.75 Å². The van der Waals surface area contributed by atoms with Crippen LogP contribution >= 0.6 is 0 Å². The summed E-state index contributed by atoms with van der Waals surface area (Å²) in [6.07, 6.45) is 0.103. The number of carbonyl (C=O) groups excluding carboxylic acids is 1. The predicted octanol–water partition coefficient (Wildman–Crippen LogP) is 3.91. The van der Waals surface area contributed by atoms with E-state index in [4.69, 9.17) is 9.15 Å². The molecule has 0 fully saturated rings. The number of ether oxygens (including phenoxy) is 1. The Hall–Kier alpha value is -3.75. The summed E-state index contributed by atoms with van der Waals surface area (Å²) in [6, 6.07) is 20.2. The van der Waals surface area contributed by atoms with Gasteiger partial charge in [0.15, 0.2) is 0 Å². The average Bonchev–Trinajstić information content (AvgIpc) is 2.80. The molecule has 0 saturated heterocycles. The minimum atomic E-state index is -3.98. The Labute approximate surface area is 197 Å². The van der Waals surface area contributed by atoms with Gasteiger partial charge in [-0.3, -0.25) is 0 Å². The Morgan fingerprint density at radius 2 is 1.68 bits per heavy atom. The zero-order valence-corrected chi connectivity index (χ0v) is 19.5. The first-order chi connectivity index (χ1) is 16.2. The zero-order chi connectivity index (χ0) is 24.3. The highest BCUT2D eigenvalue weighted by Crippen LogP contribution is 2.23. The molecule has 0 aliphatic heterocycles. The van der Waals surface area contributed by atoms with Crippen LogP contribution in [0.5, 0.6) is 5.75 Å². The molecule has 0 spiro atoms. The highest BCUT2D eigenvalue weighted by Gasteiger charge is 2.28. The molecule has 4 rings (SSSR count). The van der Waals surface area contributed by atoms with Gasteiger partial charge in [0.05, 0.1) is 4.90 Å². The van der Waals surface area contributed by atoms with Crippen LogP contribution in [0.2, 0.25) is 0 Å². The third-order valence-electron chi connectivity index (χ3n) is 5.34. The molecule has 7 nitrogen and oxygen atoms in total. The van der Waals surface area contributed by atoms with Crippen molar-refractivity contribution < 1.29 is 22.4 Å². The summed E-state index contributed by atoms with van der Waals surface area (Å²) in [5.74, 6) is -0.545. The zero-order valence-electron chi connectivity index (χ0n) is 18.6. The van der Waals surface area contributed by atoms with Gasteiger partial charge >= 0.3 is 11.6 Å². The first kappa shape index (κ1) is 23.4. The van der Waals surface area contributed by atoms with Gasteiger partial charge in [-0.1, -0.05) is 48.0 Å². The monoisotopic (exact) mass is 477 g/mol. The molecule has 0 aliphatic rings. The van der Waals surface area contributed by atoms with Crippen LogP contribution in [0.15, 0.2) is 93.0 Å². The van der Waals surface area contributed by atoms with Crippen LogP contribution in [0, 0.1) is 13.8 Å². The fraction of sp³-hybridized carbons (Fsp3) is 0.154. The van der Waals surface area contributed by atoms with E-state index in [1.807, 2.05) is 37.3 Å². The molecule has 1 aromatic heterocycles. The Bertz CT molecular complexity index is 1490. The molecule has 1 N–H and O–H groups in total. The van der Waals surface area contributed by atoms with Gasteiger partial charge in [0.2, 0.25) is 10.0 Å². The van der Waals surface area contributed by atoms with E-state index in [9.17, 15) is 18.0 Å². The number of hydrogen-bond acceptors (Lipinski definition) is 6. The quantitative estimate of drug-likeness (QED) is 0.246. The Morgan fingerprint density at radius 3 is 2.38 bits per heavy atom. The number of aryl methyl sites for hydroxylation is 2. The molecule has 1 atom stereocenters. The van der Waals surface area contributed by atoms with Gasteiger partial charge in [-0.05, 0) is 61.7 Å². The number of esters is 1. The second-order valence-electron chi connectivity index (χ2n) is 8.00. The summed E-state index contributed by atoms with van der Waals surface area (Å²) in [6.45, 7) is 3.61. The molecule has 0 bridgehead atoms. The minimum Gasteiger partial charge on any atom is -0.425 e. The lowest BCUT2D eigenvalue weighted by Gasteiger charge is -2.18. The van der Waals surface area contributed by atoms with Crippen molar-refractivity contribution in [1.82, 2.24) is 4.72 Å². The van der Waals surface area contributed by atoms with E-state index in [1.165, 1.54) is 30.3 Å². The maximum atomic E-state index is 13.1. The standard InChI is InChI=1S/C26H23NO6S/c1-17-8-11-21(12-9-17)34(30,31)27-23(15-19-6-4-3-5-7-19)26(29)32-20-10-13-24-22(16-20)18(2)14-25(28)33-24/h3-14,16,23,27H,15H2,1-2H3. The molecule has 3 aromatic carbocycles. The number of benzene rings is 3. The maximum absolute atomic E-state index is 13.1. The maximum Gasteiger partial charge on any atom is 0.336 e. The summed E-state index contributed by atoms with van der Waals surface area (Å²) < 4.78 is 39.2. The summed E-state index contributed by atoms with van der Waals surface area (Å²) in [4.78, 5) is 24.8. The molecule has 1 unspecified atom stereocenters. The van der Waals surface area contributed by atoms with Crippen molar-refractivity contribution in [2.24, 2.45) is 0 Å². The van der Waals surface area contributed by atoms with E-state index in [-0.39, 0.29) is 17.1 Å². The van der Waals surface area contributed by atoms with Gasteiger partial charge in [0.1, 0.15) is 17.4 Å². The topological polar surface area (TPSA) is 103 Å². The third-order valence-corrected chi connectivity index (χ3v) is 6.82. The lowest BCUT2D eigenvalue weighted by molar-refractivity contribution is -0.136. The number of hydrogen-bond donors (Lipinski definition) is 1. The molecule has 0 aliphatic carbocycles. The second kappa shape index (κ2) is 9.62. The Balaban J connectivity index is 1.63. The largest absolute Gasteiger partial charge is 0.425 e. The van der Waals surface area contributed by atoms with E-state index in [2.05, 4.69) is 4.72 Å². The molecule has 174 valence electrons. The van der Waals surface area contributed by atoms with E-state index in [0.717, 1.165) is 11.1 Å². The lowest BCUT2D eigenvalue weighted by atomic mass is 10.1. The minimum absolute atomic E-state index is 0.0559. The predicted molar refractivity (Wildman–Crippen MR) is 128 cm³/mol. The molecule has 8 heteroatoms. The van der Waals surface area contributed by atoms with E-state index in [1.54, 1.807) is 25.1 Å². The summed E-state index contributed by atoms with van der Waals surface area (Å²) in [7, 11) is -3.98.